The van der Waals surface area contributed by atoms with Crippen LogP contribution in [0.15, 0.2) is 35.5 Å². The van der Waals surface area contributed by atoms with Gasteiger partial charge in [-0.05, 0) is 44.7 Å². The lowest BCUT2D eigenvalue weighted by Gasteiger charge is -2.16. The first-order valence-corrected chi connectivity index (χ1v) is 9.12. The predicted octanol–water partition coefficient (Wildman–Crippen LogP) is 2.98. The number of imidazole rings is 1. The fourth-order valence-electron chi connectivity index (χ4n) is 2.93. The number of hydrogen-bond acceptors (Lipinski definition) is 3. The van der Waals surface area contributed by atoms with E-state index in [1.807, 2.05) is 25.1 Å². The van der Waals surface area contributed by atoms with Crippen molar-refractivity contribution in [2.24, 2.45) is 0 Å². The molecule has 1 heterocycles. The van der Waals surface area contributed by atoms with Gasteiger partial charge in [0.05, 0.1) is 17.5 Å². The first-order chi connectivity index (χ1) is 11.7. The Balaban J connectivity index is 1.91. The molecule has 24 heavy (non-hydrogen) atoms. The Morgan fingerprint density at radius 2 is 2.12 bits per heavy atom. The number of terminal acetylenes is 1. The average molecular weight is 339 g/mol. The van der Waals surface area contributed by atoms with Crippen molar-refractivity contribution in [2.75, 3.05) is 6.54 Å². The molecule has 1 aliphatic carbocycles. The highest BCUT2D eigenvalue weighted by molar-refractivity contribution is 8.00. The van der Waals surface area contributed by atoms with Crippen molar-refractivity contribution in [3.05, 3.63) is 41.7 Å². The summed E-state index contributed by atoms with van der Waals surface area (Å²) in [7, 11) is 0. The normalized spacial score (nSPS) is 14.5. The summed E-state index contributed by atoms with van der Waals surface area (Å²) in [5.41, 5.74) is 3.56. The van der Waals surface area contributed by atoms with E-state index < -0.39 is 0 Å². The summed E-state index contributed by atoms with van der Waals surface area (Å²) in [5, 5.41) is 3.38. The lowest BCUT2D eigenvalue weighted by atomic mass is 10.0. The maximum Gasteiger partial charge on any atom is 0.234 e. The number of rotatable bonds is 5. The molecule has 0 bridgehead atoms. The van der Waals surface area contributed by atoms with Crippen molar-refractivity contribution in [3.63, 3.8) is 0 Å². The minimum atomic E-state index is -0.246. The Kier molecular flexibility index (Phi) is 5.27. The predicted molar refractivity (Wildman–Crippen MR) is 97.4 cm³/mol. The van der Waals surface area contributed by atoms with E-state index in [0.29, 0.717) is 0 Å². The van der Waals surface area contributed by atoms with Gasteiger partial charge in [-0.1, -0.05) is 35.9 Å². The average Bonchev–Trinajstić information content (AvgIpc) is 2.98. The lowest BCUT2D eigenvalue weighted by molar-refractivity contribution is -0.120. The second kappa shape index (κ2) is 7.59. The standard InChI is InChI=1S/C19H21N3OS/c1-3-13-20-18(23)14(2)24-19-21-16-11-7-8-12-17(16)22(19)15-9-5-4-6-10-15/h1,4-6,9-10,14H,7-8,11-13H2,2H3,(H,20,23). The Bertz CT molecular complexity index is 761. The van der Waals surface area contributed by atoms with Crippen molar-refractivity contribution < 1.29 is 4.79 Å². The number of aryl methyl sites for hydroxylation is 1. The van der Waals surface area contributed by atoms with Gasteiger partial charge in [0.25, 0.3) is 0 Å². The van der Waals surface area contributed by atoms with E-state index >= 15 is 0 Å². The van der Waals surface area contributed by atoms with Crippen LogP contribution in [0.3, 0.4) is 0 Å². The highest BCUT2D eigenvalue weighted by Gasteiger charge is 2.24. The summed E-state index contributed by atoms with van der Waals surface area (Å²) in [6, 6.07) is 10.2. The van der Waals surface area contributed by atoms with Gasteiger partial charge in [0.2, 0.25) is 5.91 Å². The number of carbonyl (C=O) groups is 1. The second-order valence-electron chi connectivity index (χ2n) is 5.85. The molecule has 0 spiro atoms. The highest BCUT2D eigenvalue weighted by Crippen LogP contribution is 2.32. The van der Waals surface area contributed by atoms with Crippen LogP contribution in [-0.4, -0.2) is 27.3 Å². The van der Waals surface area contributed by atoms with Crippen molar-refractivity contribution in [2.45, 2.75) is 43.0 Å². The van der Waals surface area contributed by atoms with Gasteiger partial charge in [-0.3, -0.25) is 9.36 Å². The molecule has 1 N–H and O–H groups in total. The molecule has 1 aromatic heterocycles. The number of benzene rings is 1. The molecule has 0 fully saturated rings. The Hall–Kier alpha value is -2.19. The van der Waals surface area contributed by atoms with Gasteiger partial charge in [-0.25, -0.2) is 4.98 Å². The fraction of sp³-hybridized carbons (Fsp3) is 0.368. The van der Waals surface area contributed by atoms with Crippen LogP contribution in [0.25, 0.3) is 5.69 Å². The fourth-order valence-corrected chi connectivity index (χ4v) is 3.92. The third-order valence-corrected chi connectivity index (χ3v) is 5.18. The van der Waals surface area contributed by atoms with Gasteiger partial charge in [0, 0.05) is 11.4 Å². The zero-order valence-electron chi connectivity index (χ0n) is 13.8. The monoisotopic (exact) mass is 339 g/mol. The van der Waals surface area contributed by atoms with Gasteiger partial charge < -0.3 is 5.32 Å². The Labute approximate surface area is 147 Å². The molecule has 1 atom stereocenters. The molecule has 0 saturated heterocycles. The lowest BCUT2D eigenvalue weighted by Crippen LogP contribution is -2.31. The number of fused-ring (bicyclic) bond motifs is 1. The van der Waals surface area contributed by atoms with Crippen LogP contribution < -0.4 is 5.32 Å². The van der Waals surface area contributed by atoms with E-state index in [2.05, 4.69) is 27.9 Å². The van der Waals surface area contributed by atoms with E-state index in [-0.39, 0.29) is 17.7 Å². The summed E-state index contributed by atoms with van der Waals surface area (Å²) >= 11 is 1.49. The van der Waals surface area contributed by atoms with Crippen molar-refractivity contribution in [1.82, 2.24) is 14.9 Å². The Morgan fingerprint density at radius 1 is 1.38 bits per heavy atom. The minimum absolute atomic E-state index is 0.0569. The van der Waals surface area contributed by atoms with E-state index in [9.17, 15) is 4.79 Å². The zero-order chi connectivity index (χ0) is 16.9. The van der Waals surface area contributed by atoms with E-state index in [1.165, 1.54) is 36.0 Å². The molecule has 5 heteroatoms. The molecule has 0 aliphatic heterocycles. The molecular formula is C19H21N3OS. The number of thioether (sulfide) groups is 1. The summed E-state index contributed by atoms with van der Waals surface area (Å²) in [4.78, 5) is 17.0. The number of amides is 1. The highest BCUT2D eigenvalue weighted by atomic mass is 32.2. The molecule has 1 unspecified atom stereocenters. The molecule has 124 valence electrons. The van der Waals surface area contributed by atoms with Crippen LogP contribution in [0, 0.1) is 12.3 Å². The smallest absolute Gasteiger partial charge is 0.234 e. The molecule has 0 saturated carbocycles. The largest absolute Gasteiger partial charge is 0.344 e. The number of aromatic nitrogens is 2. The molecule has 4 nitrogen and oxygen atoms in total. The first kappa shape index (κ1) is 16.7. The van der Waals surface area contributed by atoms with Gasteiger partial charge in [0.15, 0.2) is 5.16 Å². The van der Waals surface area contributed by atoms with Crippen LogP contribution in [0.5, 0.6) is 0 Å². The van der Waals surface area contributed by atoms with Gasteiger partial charge in [-0.15, -0.1) is 6.42 Å². The number of nitrogens with zero attached hydrogens (tertiary/aromatic N) is 2. The minimum Gasteiger partial charge on any atom is -0.344 e. The summed E-state index contributed by atoms with van der Waals surface area (Å²) in [6.07, 6.45) is 9.63. The van der Waals surface area contributed by atoms with E-state index in [1.54, 1.807) is 0 Å². The summed E-state index contributed by atoms with van der Waals surface area (Å²) in [6.45, 7) is 2.15. The summed E-state index contributed by atoms with van der Waals surface area (Å²) in [5.74, 6) is 2.38. The molecule has 0 radical (unpaired) electrons. The van der Waals surface area contributed by atoms with Crippen LogP contribution in [0.2, 0.25) is 0 Å². The van der Waals surface area contributed by atoms with Crippen LogP contribution in [0.4, 0.5) is 0 Å². The van der Waals surface area contributed by atoms with Crippen LogP contribution >= 0.6 is 11.8 Å². The molecule has 1 aromatic carbocycles. The number of carbonyl (C=O) groups excluding carboxylic acids is 1. The second-order valence-corrected chi connectivity index (χ2v) is 7.16. The molecule has 1 aliphatic rings. The van der Waals surface area contributed by atoms with Gasteiger partial charge in [0.1, 0.15) is 0 Å². The molecule has 2 aromatic rings. The van der Waals surface area contributed by atoms with Gasteiger partial charge in [-0.2, -0.15) is 0 Å². The van der Waals surface area contributed by atoms with E-state index in [0.717, 1.165) is 23.7 Å². The van der Waals surface area contributed by atoms with Crippen molar-refractivity contribution in [3.8, 4) is 18.0 Å². The third-order valence-electron chi connectivity index (χ3n) is 4.13. The zero-order valence-corrected chi connectivity index (χ0v) is 14.6. The maximum atomic E-state index is 12.1. The molecule has 3 rings (SSSR count). The summed E-state index contributed by atoms with van der Waals surface area (Å²) < 4.78 is 2.21. The van der Waals surface area contributed by atoms with Crippen molar-refractivity contribution in [1.29, 1.82) is 0 Å². The quantitative estimate of drug-likeness (QED) is 0.673. The molecular weight excluding hydrogens is 318 g/mol. The van der Waals surface area contributed by atoms with Crippen molar-refractivity contribution >= 4 is 17.7 Å². The molecule has 1 amide bonds. The number of para-hydroxylation sites is 1. The van der Waals surface area contributed by atoms with Crippen LogP contribution in [-0.2, 0) is 17.6 Å². The topological polar surface area (TPSA) is 46.9 Å². The van der Waals surface area contributed by atoms with Crippen LogP contribution in [0.1, 0.15) is 31.2 Å². The first-order valence-electron chi connectivity index (χ1n) is 8.24. The van der Waals surface area contributed by atoms with Gasteiger partial charge >= 0.3 is 0 Å². The van der Waals surface area contributed by atoms with E-state index in [4.69, 9.17) is 11.4 Å². The number of nitrogens with one attached hydrogen (secondary N) is 1. The maximum absolute atomic E-state index is 12.1. The number of hydrogen-bond donors (Lipinski definition) is 1. The Morgan fingerprint density at radius 3 is 2.88 bits per heavy atom. The third kappa shape index (κ3) is 3.49. The SMILES string of the molecule is C#CCNC(=O)C(C)Sc1nc2c(n1-c1ccccc1)CCCC2.